The minimum atomic E-state index is -0.693. The Morgan fingerprint density at radius 3 is 2.36 bits per heavy atom. The first kappa shape index (κ1) is 15.8. The van der Waals surface area contributed by atoms with Gasteiger partial charge in [-0.1, -0.05) is 12.2 Å². The number of fused-ring (bicyclic) bond motifs is 1. The molecule has 2 fully saturated rings. The van der Waals surface area contributed by atoms with E-state index in [0.29, 0.717) is 5.69 Å². The van der Waals surface area contributed by atoms with Crippen LogP contribution in [0.3, 0.4) is 0 Å². The highest BCUT2D eigenvalue weighted by Gasteiger charge is 2.57. The van der Waals surface area contributed by atoms with Crippen molar-refractivity contribution >= 4 is 23.5 Å². The van der Waals surface area contributed by atoms with Crippen LogP contribution in [-0.4, -0.2) is 33.9 Å². The Bertz CT molecular complexity index is 716. The lowest BCUT2D eigenvalue weighted by molar-refractivity contribution is -0.142. The largest absolute Gasteiger partial charge is 0.320 e. The van der Waals surface area contributed by atoms with Gasteiger partial charge in [0.2, 0.25) is 11.8 Å². The third-order valence-corrected chi connectivity index (χ3v) is 5.44. The Hall–Kier alpha value is -2.70. The van der Waals surface area contributed by atoms with Gasteiger partial charge in [-0.3, -0.25) is 19.5 Å². The second-order valence-corrected chi connectivity index (χ2v) is 6.90. The summed E-state index contributed by atoms with van der Waals surface area (Å²) < 4.78 is 0. The zero-order valence-corrected chi connectivity index (χ0v) is 13.9. The summed E-state index contributed by atoms with van der Waals surface area (Å²) in [7, 11) is 0. The number of likely N-dealkylation sites (tertiary alicyclic amines) is 1. The maximum Gasteiger partial charge on any atom is 0.320 e. The maximum absolute atomic E-state index is 12.8. The molecule has 7 nitrogen and oxygen atoms in total. The molecule has 4 aliphatic rings. The molecule has 1 saturated heterocycles. The third kappa shape index (κ3) is 2.59. The summed E-state index contributed by atoms with van der Waals surface area (Å²) in [4.78, 5) is 42.9. The standard InChI is InChI=1S/C18H20N4O3/c1-10(20-18(25)21-13-3-2-8-19-9-13)22-16(23)14-11-4-5-12(7-6-11)15(14)17(22)24/h2-5,8-12,14-15H,6-7H2,1H3,(H2,20,21,25)/t10-,11-,12-,14-,15+/m0/s1. The molecule has 0 aromatic carbocycles. The number of pyridine rings is 1. The van der Waals surface area contributed by atoms with E-state index >= 15 is 0 Å². The van der Waals surface area contributed by atoms with Crippen LogP contribution in [0.4, 0.5) is 10.5 Å². The molecule has 0 spiro atoms. The second kappa shape index (κ2) is 5.98. The van der Waals surface area contributed by atoms with Crippen LogP contribution >= 0.6 is 0 Å². The number of allylic oxidation sites excluding steroid dienone is 2. The van der Waals surface area contributed by atoms with Gasteiger partial charge in [0.05, 0.1) is 23.7 Å². The molecule has 1 saturated carbocycles. The number of nitrogens with one attached hydrogen (secondary N) is 2. The summed E-state index contributed by atoms with van der Waals surface area (Å²) in [5, 5.41) is 5.32. The first-order chi connectivity index (χ1) is 12.1. The first-order valence-corrected chi connectivity index (χ1v) is 8.59. The van der Waals surface area contributed by atoms with Crippen LogP contribution in [0.25, 0.3) is 0 Å². The van der Waals surface area contributed by atoms with Crippen LogP contribution in [0.2, 0.25) is 0 Å². The maximum atomic E-state index is 12.8. The van der Waals surface area contributed by atoms with E-state index in [1.54, 1.807) is 25.3 Å². The summed E-state index contributed by atoms with van der Waals surface area (Å²) in [5.74, 6) is -0.559. The van der Waals surface area contributed by atoms with Crippen LogP contribution < -0.4 is 10.6 Å². The number of carbonyl (C=O) groups excluding carboxylic acids is 3. The molecule has 1 aromatic rings. The van der Waals surface area contributed by atoms with Crippen molar-refractivity contribution in [3.05, 3.63) is 36.7 Å². The number of rotatable bonds is 3. The normalized spacial score (nSPS) is 31.0. The predicted octanol–water partition coefficient (Wildman–Crippen LogP) is 1.75. The number of nitrogens with zero attached hydrogens (tertiary/aromatic N) is 2. The molecule has 0 unspecified atom stereocenters. The van der Waals surface area contributed by atoms with Crippen LogP contribution in [0.5, 0.6) is 0 Å². The highest BCUT2D eigenvalue weighted by atomic mass is 16.2. The van der Waals surface area contributed by atoms with E-state index < -0.39 is 12.2 Å². The number of carbonyl (C=O) groups is 3. The van der Waals surface area contributed by atoms with E-state index in [1.807, 2.05) is 0 Å². The quantitative estimate of drug-likeness (QED) is 0.648. The van der Waals surface area contributed by atoms with Crippen molar-refractivity contribution in [3.63, 3.8) is 0 Å². The van der Waals surface area contributed by atoms with Crippen LogP contribution in [0.1, 0.15) is 19.8 Å². The lowest BCUT2D eigenvalue weighted by Gasteiger charge is -2.38. The van der Waals surface area contributed by atoms with E-state index in [0.717, 1.165) is 12.8 Å². The van der Waals surface area contributed by atoms with E-state index in [9.17, 15) is 14.4 Å². The molecular weight excluding hydrogens is 320 g/mol. The topological polar surface area (TPSA) is 91.4 Å². The van der Waals surface area contributed by atoms with Gasteiger partial charge < -0.3 is 10.6 Å². The molecule has 1 aromatic heterocycles. The van der Waals surface area contributed by atoms with Crippen molar-refractivity contribution in [3.8, 4) is 0 Å². The number of amides is 4. The van der Waals surface area contributed by atoms with Crippen molar-refractivity contribution in [1.82, 2.24) is 15.2 Å². The van der Waals surface area contributed by atoms with Crippen molar-refractivity contribution in [1.29, 1.82) is 0 Å². The fourth-order valence-electron chi connectivity index (χ4n) is 4.34. The molecule has 4 amide bonds. The van der Waals surface area contributed by atoms with Gasteiger partial charge in [-0.25, -0.2) is 4.79 Å². The van der Waals surface area contributed by atoms with Gasteiger partial charge in [0, 0.05) is 6.20 Å². The highest BCUT2D eigenvalue weighted by molar-refractivity contribution is 6.06. The Kier molecular flexibility index (Phi) is 3.78. The Balaban J connectivity index is 1.46. The number of anilines is 1. The predicted molar refractivity (Wildman–Crippen MR) is 90.0 cm³/mol. The smallest absolute Gasteiger partial charge is 0.317 e. The van der Waals surface area contributed by atoms with E-state index in [1.165, 1.54) is 11.1 Å². The van der Waals surface area contributed by atoms with Gasteiger partial charge in [-0.2, -0.15) is 0 Å². The fourth-order valence-corrected chi connectivity index (χ4v) is 4.34. The lowest BCUT2D eigenvalue weighted by atomic mass is 9.63. The second-order valence-electron chi connectivity index (χ2n) is 6.90. The SMILES string of the molecule is C[C@@H](NC(=O)Nc1cccnc1)N1C(=O)[C@@H]2[C@H](C1=O)[C@H]1C=C[C@H]2CC1. The molecule has 25 heavy (non-hydrogen) atoms. The number of hydrogen-bond donors (Lipinski definition) is 2. The van der Waals surface area contributed by atoms with Gasteiger partial charge >= 0.3 is 6.03 Å². The van der Waals surface area contributed by atoms with Gasteiger partial charge in [0.1, 0.15) is 6.17 Å². The summed E-state index contributed by atoms with van der Waals surface area (Å²) in [5.41, 5.74) is 0.544. The van der Waals surface area contributed by atoms with Crippen molar-refractivity contribution < 1.29 is 14.4 Å². The number of hydrogen-bond acceptors (Lipinski definition) is 4. The molecule has 2 heterocycles. The molecule has 1 aliphatic heterocycles. The molecule has 5 atom stereocenters. The summed E-state index contributed by atoms with van der Waals surface area (Å²) in [6.07, 6.45) is 8.51. The van der Waals surface area contributed by atoms with Crippen LogP contribution in [-0.2, 0) is 9.59 Å². The van der Waals surface area contributed by atoms with E-state index in [4.69, 9.17) is 0 Å². The van der Waals surface area contributed by atoms with Crippen molar-refractivity contribution in [2.24, 2.45) is 23.7 Å². The summed E-state index contributed by atoms with van der Waals surface area (Å²) in [6.45, 7) is 1.66. The van der Waals surface area contributed by atoms with Gasteiger partial charge in [0.25, 0.3) is 0 Å². The van der Waals surface area contributed by atoms with Crippen LogP contribution in [0.15, 0.2) is 36.7 Å². The molecule has 3 aliphatic carbocycles. The minimum absolute atomic E-state index is 0.146. The summed E-state index contributed by atoms with van der Waals surface area (Å²) in [6, 6.07) is 2.94. The molecule has 2 bridgehead atoms. The first-order valence-electron chi connectivity index (χ1n) is 8.59. The number of imide groups is 1. The van der Waals surface area contributed by atoms with Crippen molar-refractivity contribution in [2.45, 2.75) is 25.9 Å². The van der Waals surface area contributed by atoms with Crippen LogP contribution in [0, 0.1) is 23.7 Å². The monoisotopic (exact) mass is 340 g/mol. The molecule has 7 heteroatoms. The molecular formula is C18H20N4O3. The van der Waals surface area contributed by atoms with Gasteiger partial charge in [-0.05, 0) is 43.7 Å². The number of aromatic nitrogens is 1. The molecule has 5 rings (SSSR count). The third-order valence-electron chi connectivity index (χ3n) is 5.44. The fraction of sp³-hybridized carbons (Fsp3) is 0.444. The molecule has 130 valence electrons. The van der Waals surface area contributed by atoms with E-state index in [2.05, 4.69) is 27.8 Å². The lowest BCUT2D eigenvalue weighted by Crippen LogP contribution is -2.50. The van der Waals surface area contributed by atoms with Gasteiger partial charge in [-0.15, -0.1) is 0 Å². The zero-order valence-electron chi connectivity index (χ0n) is 13.9. The summed E-state index contributed by atoms with van der Waals surface area (Å²) >= 11 is 0. The Labute approximate surface area is 145 Å². The minimum Gasteiger partial charge on any atom is -0.317 e. The van der Waals surface area contributed by atoms with Gasteiger partial charge in [0.15, 0.2) is 0 Å². The van der Waals surface area contributed by atoms with E-state index in [-0.39, 0.29) is 35.5 Å². The van der Waals surface area contributed by atoms with Crippen molar-refractivity contribution in [2.75, 3.05) is 5.32 Å². The zero-order chi connectivity index (χ0) is 17.6. The highest BCUT2D eigenvalue weighted by Crippen LogP contribution is 2.49. The average molecular weight is 340 g/mol. The number of urea groups is 1. The average Bonchev–Trinajstić information content (AvgIpc) is 2.90. The molecule has 0 radical (unpaired) electrons. The molecule has 2 N–H and O–H groups in total. The Morgan fingerprint density at radius 2 is 1.84 bits per heavy atom. The Morgan fingerprint density at radius 1 is 1.20 bits per heavy atom.